The molecule has 0 radical (unpaired) electrons. The SMILES string of the molecule is COc1c2c(c(O[Si](C(C)C)(C(C)C)C(C)C)c3ncccc13)C(=O)N(Cc1ccc(F)cc1)C2(O)c1ccccc1. The zero-order valence-corrected chi connectivity index (χ0v) is 26.3. The molecule has 5 rings (SSSR count). The molecule has 6 nitrogen and oxygen atoms in total. The van der Waals surface area contributed by atoms with Gasteiger partial charge in [-0.15, -0.1) is 0 Å². The molecule has 2 heterocycles. The van der Waals surface area contributed by atoms with Crippen molar-refractivity contribution in [2.45, 2.75) is 70.4 Å². The summed E-state index contributed by atoms with van der Waals surface area (Å²) in [4.78, 5) is 20.9. The highest BCUT2D eigenvalue weighted by Gasteiger charge is 2.56. The number of nitrogens with zero attached hydrogens (tertiary/aromatic N) is 2. The lowest BCUT2D eigenvalue weighted by Gasteiger charge is -2.42. The largest absolute Gasteiger partial charge is 0.541 e. The molecule has 1 unspecified atom stereocenters. The first-order valence-corrected chi connectivity index (χ1v) is 16.6. The first kappa shape index (κ1) is 29.7. The molecule has 42 heavy (non-hydrogen) atoms. The van der Waals surface area contributed by atoms with Crippen molar-refractivity contribution < 1.29 is 23.5 Å². The van der Waals surface area contributed by atoms with Crippen LogP contribution in [0, 0.1) is 5.82 Å². The zero-order chi connectivity index (χ0) is 30.4. The highest BCUT2D eigenvalue weighted by molar-refractivity contribution is 6.78. The first-order chi connectivity index (χ1) is 20.0. The van der Waals surface area contributed by atoms with Crippen LogP contribution in [0.1, 0.15) is 68.6 Å². The van der Waals surface area contributed by atoms with Crippen LogP contribution in [0.5, 0.6) is 11.5 Å². The highest BCUT2D eigenvalue weighted by Crippen LogP contribution is 2.55. The van der Waals surface area contributed by atoms with Crippen molar-refractivity contribution in [2.75, 3.05) is 7.11 Å². The predicted octanol–water partition coefficient (Wildman–Crippen LogP) is 7.79. The summed E-state index contributed by atoms with van der Waals surface area (Å²) < 4.78 is 27.1. The number of halogens is 1. The van der Waals surface area contributed by atoms with Crippen LogP contribution < -0.4 is 9.16 Å². The predicted molar refractivity (Wildman–Crippen MR) is 166 cm³/mol. The van der Waals surface area contributed by atoms with Crippen LogP contribution in [0.3, 0.4) is 0 Å². The van der Waals surface area contributed by atoms with Gasteiger partial charge in [-0.3, -0.25) is 14.7 Å². The second-order valence-corrected chi connectivity index (χ2v) is 17.4. The standard InChI is InChI=1S/C34H39FN2O4Si/c1-21(2)42(22(3)4,23(5)6)41-32-28-29(31(40-7)27-14-11-19-36-30(27)32)34(39,25-12-9-8-10-13-25)37(33(28)38)20-24-15-17-26(35)18-16-24/h8-19,21-23,39H,20H2,1-7H3. The Balaban J connectivity index is 1.88. The van der Waals surface area contributed by atoms with Crippen molar-refractivity contribution >= 4 is 25.1 Å². The summed E-state index contributed by atoms with van der Waals surface area (Å²) in [7, 11) is -1.05. The van der Waals surface area contributed by atoms with Crippen molar-refractivity contribution in [1.82, 2.24) is 9.88 Å². The third-order valence-electron chi connectivity index (χ3n) is 8.79. The molecule has 1 aliphatic rings. The number of ether oxygens (including phenoxy) is 1. The molecule has 0 saturated heterocycles. The molecule has 4 aromatic rings. The molecular formula is C34H39FN2O4Si. The third kappa shape index (κ3) is 4.48. The van der Waals surface area contributed by atoms with Gasteiger partial charge in [0.05, 0.1) is 18.2 Å². The number of methoxy groups -OCH3 is 1. The number of hydrogen-bond acceptors (Lipinski definition) is 5. The van der Waals surface area contributed by atoms with Gasteiger partial charge in [-0.1, -0.05) is 84.0 Å². The fourth-order valence-electron chi connectivity index (χ4n) is 6.97. The Kier molecular flexibility index (Phi) is 7.89. The Morgan fingerprint density at radius 2 is 1.52 bits per heavy atom. The van der Waals surface area contributed by atoms with Gasteiger partial charge in [-0.2, -0.15) is 0 Å². The van der Waals surface area contributed by atoms with Gasteiger partial charge in [0.15, 0.2) is 5.72 Å². The van der Waals surface area contributed by atoms with Crippen molar-refractivity contribution in [3.05, 3.63) is 101 Å². The highest BCUT2D eigenvalue weighted by atomic mass is 28.4. The Labute approximate surface area is 248 Å². The number of hydrogen-bond donors (Lipinski definition) is 1. The molecule has 0 saturated carbocycles. The van der Waals surface area contributed by atoms with Crippen LogP contribution in [0.15, 0.2) is 72.9 Å². The van der Waals surface area contributed by atoms with Crippen LogP contribution in [-0.4, -0.2) is 36.3 Å². The molecule has 220 valence electrons. The summed E-state index contributed by atoms with van der Waals surface area (Å²) in [5.74, 6) is -0.0152. The van der Waals surface area contributed by atoms with Gasteiger partial charge in [0.1, 0.15) is 22.8 Å². The van der Waals surface area contributed by atoms with Crippen LogP contribution in [-0.2, 0) is 12.3 Å². The molecule has 0 spiro atoms. The van der Waals surface area contributed by atoms with Crippen LogP contribution in [0.4, 0.5) is 4.39 Å². The van der Waals surface area contributed by atoms with Crippen molar-refractivity contribution in [2.24, 2.45) is 0 Å². The van der Waals surface area contributed by atoms with Crippen molar-refractivity contribution in [1.29, 1.82) is 0 Å². The monoisotopic (exact) mass is 586 g/mol. The quantitative estimate of drug-likeness (QED) is 0.203. The van der Waals surface area contributed by atoms with E-state index in [1.807, 2.05) is 30.3 Å². The van der Waals surface area contributed by atoms with Gasteiger partial charge >= 0.3 is 0 Å². The molecular weight excluding hydrogens is 547 g/mol. The number of aromatic nitrogens is 1. The number of pyridine rings is 1. The molecule has 3 aromatic carbocycles. The third-order valence-corrected chi connectivity index (χ3v) is 14.8. The van der Waals surface area contributed by atoms with Crippen molar-refractivity contribution in [3.8, 4) is 11.5 Å². The van der Waals surface area contributed by atoms with Crippen LogP contribution >= 0.6 is 0 Å². The number of fused-ring (bicyclic) bond motifs is 2. The summed E-state index contributed by atoms with van der Waals surface area (Å²) >= 11 is 0. The lowest BCUT2D eigenvalue weighted by Crippen LogP contribution is -2.51. The number of carbonyl (C=O) groups is 1. The fourth-order valence-corrected chi connectivity index (χ4v) is 12.2. The van der Waals surface area contributed by atoms with E-state index in [2.05, 4.69) is 41.5 Å². The summed E-state index contributed by atoms with van der Waals surface area (Å²) in [6, 6.07) is 18.8. The van der Waals surface area contributed by atoms with Gasteiger partial charge in [0, 0.05) is 23.7 Å². The number of carbonyl (C=O) groups excluding carboxylic acids is 1. The number of rotatable bonds is 9. The molecule has 0 aliphatic carbocycles. The van der Waals surface area contributed by atoms with Gasteiger partial charge in [0.2, 0.25) is 0 Å². The lowest BCUT2D eigenvalue weighted by molar-refractivity contribution is -0.0552. The summed E-state index contributed by atoms with van der Waals surface area (Å²) in [5.41, 5.74) is 1.09. The maximum Gasteiger partial charge on any atom is 0.261 e. The number of benzene rings is 3. The molecule has 0 bridgehead atoms. The summed E-state index contributed by atoms with van der Waals surface area (Å²) in [6.07, 6.45) is 1.68. The smallest absolute Gasteiger partial charge is 0.261 e. The Bertz CT molecular complexity index is 1590. The maximum absolute atomic E-state index is 14.7. The number of aliphatic hydroxyl groups is 1. The normalized spacial score (nSPS) is 17.0. The lowest BCUT2D eigenvalue weighted by atomic mass is 9.90. The Morgan fingerprint density at radius 1 is 0.905 bits per heavy atom. The van der Waals surface area contributed by atoms with Crippen LogP contribution in [0.2, 0.25) is 16.6 Å². The Hall–Kier alpha value is -3.75. The topological polar surface area (TPSA) is 71.9 Å². The van der Waals surface area contributed by atoms with E-state index in [1.54, 1.807) is 30.5 Å². The Morgan fingerprint density at radius 3 is 2.10 bits per heavy atom. The second kappa shape index (κ2) is 11.2. The minimum absolute atomic E-state index is 0.0344. The van der Waals surface area contributed by atoms with E-state index in [0.717, 1.165) is 0 Å². The van der Waals surface area contributed by atoms with Gasteiger partial charge in [0.25, 0.3) is 14.2 Å². The minimum Gasteiger partial charge on any atom is -0.541 e. The fraction of sp³-hybridized carbons (Fsp3) is 0.353. The van der Waals surface area contributed by atoms with Crippen LogP contribution in [0.25, 0.3) is 10.9 Å². The van der Waals surface area contributed by atoms with E-state index in [1.165, 1.54) is 24.1 Å². The van der Waals surface area contributed by atoms with Crippen molar-refractivity contribution in [3.63, 3.8) is 0 Å². The molecule has 1 N–H and O–H groups in total. The molecule has 1 aliphatic heterocycles. The van der Waals surface area contributed by atoms with E-state index >= 15 is 0 Å². The summed E-state index contributed by atoms with van der Waals surface area (Å²) in [6.45, 7) is 13.2. The van der Waals surface area contributed by atoms with Gasteiger partial charge in [-0.05, 0) is 46.5 Å². The summed E-state index contributed by atoms with van der Waals surface area (Å²) in [5, 5.41) is 13.5. The minimum atomic E-state index is -2.59. The molecule has 1 atom stereocenters. The van der Waals surface area contributed by atoms with E-state index in [-0.39, 0.29) is 34.5 Å². The zero-order valence-electron chi connectivity index (χ0n) is 25.3. The first-order valence-electron chi connectivity index (χ1n) is 14.5. The van der Waals surface area contributed by atoms with E-state index in [4.69, 9.17) is 14.1 Å². The molecule has 8 heteroatoms. The van der Waals surface area contributed by atoms with E-state index < -0.39 is 19.9 Å². The van der Waals surface area contributed by atoms with E-state index in [9.17, 15) is 14.3 Å². The average Bonchev–Trinajstić information content (AvgIpc) is 3.19. The van der Waals surface area contributed by atoms with Gasteiger partial charge in [-0.25, -0.2) is 4.39 Å². The molecule has 1 aromatic heterocycles. The van der Waals surface area contributed by atoms with Gasteiger partial charge < -0.3 is 14.3 Å². The molecule has 0 fully saturated rings. The second-order valence-electron chi connectivity index (χ2n) is 12.0. The average molecular weight is 587 g/mol. The maximum atomic E-state index is 14.7. The number of amides is 1. The molecule has 1 amide bonds. The van der Waals surface area contributed by atoms with E-state index in [0.29, 0.717) is 39.1 Å².